The molecular weight excluding hydrogens is 570 g/mol. The molecule has 0 saturated carbocycles. The Bertz CT molecular complexity index is 1870. The molecule has 3 heterocycles. The molecule has 3 aromatic carbocycles. The number of anilines is 4. The molecule has 6 rings (SSSR count). The fourth-order valence-corrected chi connectivity index (χ4v) is 4.93. The van der Waals surface area contributed by atoms with Gasteiger partial charge >= 0.3 is 6.03 Å². The Labute approximate surface area is 251 Å². The second-order valence-corrected chi connectivity index (χ2v) is 10.3. The van der Waals surface area contributed by atoms with Gasteiger partial charge in [0.05, 0.1) is 30.0 Å². The highest BCUT2D eigenvalue weighted by Crippen LogP contribution is 2.34. The lowest BCUT2D eigenvalue weighted by molar-refractivity contribution is -0.114. The highest BCUT2D eigenvalue weighted by molar-refractivity contribution is 6.00. The van der Waals surface area contributed by atoms with E-state index in [1.807, 2.05) is 0 Å². The molecule has 3 amide bonds. The molecule has 0 radical (unpaired) electrons. The Balaban J connectivity index is 1.27. The monoisotopic (exact) mass is 598 g/mol. The van der Waals surface area contributed by atoms with Gasteiger partial charge < -0.3 is 30.0 Å². The summed E-state index contributed by atoms with van der Waals surface area (Å²) in [7, 11) is 0. The van der Waals surface area contributed by atoms with Crippen molar-refractivity contribution in [2.45, 2.75) is 13.8 Å². The highest BCUT2D eigenvalue weighted by atomic mass is 19.1. The second kappa shape index (κ2) is 12.1. The van der Waals surface area contributed by atoms with Crippen LogP contribution < -0.4 is 20.9 Å². The Morgan fingerprint density at radius 2 is 1.59 bits per heavy atom. The van der Waals surface area contributed by atoms with Crippen molar-refractivity contribution in [3.63, 3.8) is 0 Å². The van der Waals surface area contributed by atoms with Crippen LogP contribution in [0.15, 0.2) is 71.1 Å². The zero-order valence-electron chi connectivity index (χ0n) is 23.9. The smallest absolute Gasteiger partial charge is 0.323 e. The lowest BCUT2D eigenvalue weighted by Crippen LogP contribution is -2.37. The number of nitrogens with zero attached hydrogens (tertiary/aromatic N) is 3. The van der Waals surface area contributed by atoms with Gasteiger partial charge in [0.25, 0.3) is 0 Å². The summed E-state index contributed by atoms with van der Waals surface area (Å²) in [5.74, 6) is 0.635. The van der Waals surface area contributed by atoms with E-state index in [9.17, 15) is 14.0 Å². The molecule has 5 aromatic rings. The topological polar surface area (TPSA) is 122 Å². The van der Waals surface area contributed by atoms with Crippen molar-refractivity contribution in [3.05, 3.63) is 84.1 Å². The maximum absolute atomic E-state index is 15.3. The number of hydrogen-bond donors (Lipinski definition) is 3. The SMILES string of the molecule is CC(=O)Nc1ccc(NC(=O)Nc2ccc(-c3nc(N4CCOCC4)c4cc(F)c(-c5ccc(C)o5)cc4n3)cc2)c(F)c1. The molecule has 12 heteroatoms. The van der Waals surface area contributed by atoms with Gasteiger partial charge in [-0.15, -0.1) is 0 Å². The van der Waals surface area contributed by atoms with E-state index in [-0.39, 0.29) is 17.3 Å². The maximum atomic E-state index is 15.3. The quantitative estimate of drug-likeness (QED) is 0.202. The summed E-state index contributed by atoms with van der Waals surface area (Å²) >= 11 is 0. The van der Waals surface area contributed by atoms with Crippen LogP contribution in [-0.2, 0) is 9.53 Å². The molecule has 0 atom stereocenters. The van der Waals surface area contributed by atoms with E-state index in [0.717, 1.165) is 6.07 Å². The van der Waals surface area contributed by atoms with Crippen molar-refractivity contribution >= 4 is 45.7 Å². The summed E-state index contributed by atoms with van der Waals surface area (Å²) in [6, 6.07) is 16.8. The number of carbonyl (C=O) groups is 2. The van der Waals surface area contributed by atoms with Crippen molar-refractivity contribution < 1.29 is 27.5 Å². The van der Waals surface area contributed by atoms with Crippen molar-refractivity contribution in [3.8, 4) is 22.7 Å². The fourth-order valence-electron chi connectivity index (χ4n) is 4.93. The second-order valence-electron chi connectivity index (χ2n) is 10.3. The molecule has 0 aliphatic carbocycles. The summed E-state index contributed by atoms with van der Waals surface area (Å²) in [5, 5.41) is 8.19. The molecule has 44 heavy (non-hydrogen) atoms. The van der Waals surface area contributed by atoms with E-state index < -0.39 is 17.7 Å². The number of hydrogen-bond acceptors (Lipinski definition) is 7. The zero-order valence-corrected chi connectivity index (χ0v) is 23.9. The van der Waals surface area contributed by atoms with Crippen LogP contribution in [0.4, 0.5) is 36.5 Å². The van der Waals surface area contributed by atoms with Crippen LogP contribution in [-0.4, -0.2) is 48.2 Å². The molecule has 3 N–H and O–H groups in total. The number of urea groups is 1. The van der Waals surface area contributed by atoms with Crippen molar-refractivity contribution in [1.29, 1.82) is 0 Å². The third-order valence-electron chi connectivity index (χ3n) is 7.02. The van der Waals surface area contributed by atoms with Crippen LogP contribution >= 0.6 is 0 Å². The number of rotatable bonds is 6. The van der Waals surface area contributed by atoms with Gasteiger partial charge in [0.1, 0.15) is 29.0 Å². The number of furan rings is 1. The van der Waals surface area contributed by atoms with E-state index in [1.54, 1.807) is 49.4 Å². The van der Waals surface area contributed by atoms with Crippen LogP contribution in [0.2, 0.25) is 0 Å². The van der Waals surface area contributed by atoms with Gasteiger partial charge in [0, 0.05) is 42.3 Å². The number of fused-ring (bicyclic) bond motifs is 1. The average Bonchev–Trinajstić information content (AvgIpc) is 3.44. The van der Waals surface area contributed by atoms with Gasteiger partial charge in [-0.05, 0) is 73.7 Å². The van der Waals surface area contributed by atoms with E-state index in [4.69, 9.17) is 19.1 Å². The standard InChI is InChI=1S/C32H28F2N6O4/c1-18-3-10-29(44-18)23-17-28-24(16-25(23)33)31(40-11-13-43-14-12-40)39-30(37-28)20-4-6-21(7-5-20)36-32(42)38-27-9-8-22(15-26(27)34)35-19(2)41/h3-10,15-17H,11-14H2,1-2H3,(H,35,41)(H2,36,38,42). The summed E-state index contributed by atoms with van der Waals surface area (Å²) in [6.45, 7) is 5.36. The lowest BCUT2D eigenvalue weighted by Gasteiger charge is -2.29. The van der Waals surface area contributed by atoms with Crippen LogP contribution in [0.1, 0.15) is 12.7 Å². The van der Waals surface area contributed by atoms with Crippen molar-refractivity contribution in [2.75, 3.05) is 47.2 Å². The van der Waals surface area contributed by atoms with Gasteiger partial charge in [-0.3, -0.25) is 4.79 Å². The number of aromatic nitrogens is 2. The van der Waals surface area contributed by atoms with Crippen LogP contribution in [0.5, 0.6) is 0 Å². The van der Waals surface area contributed by atoms with E-state index in [0.29, 0.717) is 77.2 Å². The summed E-state index contributed by atoms with van der Waals surface area (Å²) in [5.41, 5.74) is 2.21. The Morgan fingerprint density at radius 1 is 0.841 bits per heavy atom. The number of nitrogens with one attached hydrogen (secondary N) is 3. The summed E-state index contributed by atoms with van der Waals surface area (Å²) in [6.07, 6.45) is 0. The molecule has 0 bridgehead atoms. The lowest BCUT2D eigenvalue weighted by atomic mass is 10.1. The largest absolute Gasteiger partial charge is 0.461 e. The summed E-state index contributed by atoms with van der Waals surface area (Å²) < 4.78 is 40.9. The molecule has 0 spiro atoms. The number of ether oxygens (including phenoxy) is 1. The zero-order chi connectivity index (χ0) is 30.8. The first-order chi connectivity index (χ1) is 21.2. The Hall–Kier alpha value is -5.36. The van der Waals surface area contributed by atoms with Crippen LogP contribution in [0.25, 0.3) is 33.6 Å². The fraction of sp³-hybridized carbons (Fsp3) is 0.188. The number of carbonyl (C=O) groups excluding carboxylic acids is 2. The number of halogens is 2. The minimum Gasteiger partial charge on any atom is -0.461 e. The number of amides is 3. The van der Waals surface area contributed by atoms with Crippen molar-refractivity contribution in [1.82, 2.24) is 9.97 Å². The predicted octanol–water partition coefficient (Wildman–Crippen LogP) is 6.58. The van der Waals surface area contributed by atoms with Gasteiger partial charge in [-0.1, -0.05) is 0 Å². The average molecular weight is 599 g/mol. The van der Waals surface area contributed by atoms with Crippen molar-refractivity contribution in [2.24, 2.45) is 0 Å². The minimum absolute atomic E-state index is 0.0473. The third-order valence-corrected chi connectivity index (χ3v) is 7.02. The molecule has 0 unspecified atom stereocenters. The van der Waals surface area contributed by atoms with Crippen LogP contribution in [0.3, 0.4) is 0 Å². The van der Waals surface area contributed by atoms with E-state index in [2.05, 4.69) is 20.9 Å². The minimum atomic E-state index is -0.698. The number of benzene rings is 3. The third kappa shape index (κ3) is 6.20. The molecule has 10 nitrogen and oxygen atoms in total. The van der Waals surface area contributed by atoms with E-state index in [1.165, 1.54) is 25.1 Å². The molecule has 1 aliphatic heterocycles. The number of morpholine rings is 1. The molecule has 1 fully saturated rings. The first-order valence-electron chi connectivity index (χ1n) is 13.9. The van der Waals surface area contributed by atoms with Gasteiger partial charge in [0.15, 0.2) is 5.82 Å². The summed E-state index contributed by atoms with van der Waals surface area (Å²) in [4.78, 5) is 35.4. The Kier molecular flexibility index (Phi) is 7.90. The molecule has 224 valence electrons. The molecule has 1 saturated heterocycles. The van der Waals surface area contributed by atoms with Gasteiger partial charge in [-0.2, -0.15) is 0 Å². The first-order valence-corrected chi connectivity index (χ1v) is 13.9. The molecular formula is C32H28F2N6O4. The van der Waals surface area contributed by atoms with Gasteiger partial charge in [-0.25, -0.2) is 23.5 Å². The Morgan fingerprint density at radius 3 is 2.27 bits per heavy atom. The van der Waals surface area contributed by atoms with Crippen LogP contribution in [0, 0.1) is 18.6 Å². The first kappa shape index (κ1) is 28.7. The van der Waals surface area contributed by atoms with E-state index >= 15 is 4.39 Å². The normalized spacial score (nSPS) is 13.1. The highest BCUT2D eigenvalue weighted by Gasteiger charge is 2.21. The predicted molar refractivity (Wildman–Crippen MR) is 164 cm³/mol. The molecule has 2 aromatic heterocycles. The van der Waals surface area contributed by atoms with Gasteiger partial charge in [0.2, 0.25) is 5.91 Å². The maximum Gasteiger partial charge on any atom is 0.323 e. The molecule has 1 aliphatic rings. The number of aryl methyl sites for hydroxylation is 1.